The summed E-state index contributed by atoms with van der Waals surface area (Å²) < 4.78 is 0. The number of benzene rings is 1. The molecule has 1 aliphatic rings. The van der Waals surface area contributed by atoms with Gasteiger partial charge < -0.3 is 10.6 Å². The van der Waals surface area contributed by atoms with Crippen LogP contribution in [-0.4, -0.2) is 30.4 Å². The predicted molar refractivity (Wildman–Crippen MR) is 80.5 cm³/mol. The summed E-state index contributed by atoms with van der Waals surface area (Å²) in [7, 11) is 1.70. The number of anilines is 3. The molecule has 106 valence electrons. The number of nitrogens with zero attached hydrogens (tertiary/aromatic N) is 2. The van der Waals surface area contributed by atoms with E-state index in [9.17, 15) is 9.59 Å². The summed E-state index contributed by atoms with van der Waals surface area (Å²) in [5.41, 5.74) is 1.76. The van der Waals surface area contributed by atoms with Crippen LogP contribution in [0.5, 0.6) is 0 Å². The monoisotopic (exact) mass is 282 g/mol. The average Bonchev–Trinajstić information content (AvgIpc) is 2.53. The number of nitrogens with one attached hydrogen (secondary N) is 2. The van der Waals surface area contributed by atoms with Crippen molar-refractivity contribution in [2.24, 2.45) is 0 Å². The standard InChI is InChI=1S/C15H14N4O2/c1-16-14-10(5-4-8-17-14)15(21)19-9-13(20)18-11-6-2-3-7-12(11)19/h2-8H,9H2,1H3,(H,16,17)(H,18,20). The summed E-state index contributed by atoms with van der Waals surface area (Å²) in [6.07, 6.45) is 1.61. The number of rotatable bonds is 2. The van der Waals surface area contributed by atoms with E-state index < -0.39 is 0 Å². The van der Waals surface area contributed by atoms with Crippen molar-refractivity contribution in [3.05, 3.63) is 48.2 Å². The lowest BCUT2D eigenvalue weighted by atomic mass is 10.1. The molecular weight excluding hydrogens is 268 g/mol. The van der Waals surface area contributed by atoms with Crippen molar-refractivity contribution in [2.75, 3.05) is 29.1 Å². The second-order valence-corrected chi connectivity index (χ2v) is 4.61. The molecule has 3 rings (SSSR count). The zero-order valence-electron chi connectivity index (χ0n) is 11.5. The van der Waals surface area contributed by atoms with Crippen LogP contribution in [0.1, 0.15) is 10.4 Å². The van der Waals surface area contributed by atoms with Crippen LogP contribution < -0.4 is 15.5 Å². The minimum Gasteiger partial charge on any atom is -0.372 e. The first-order chi connectivity index (χ1) is 10.2. The normalized spacial score (nSPS) is 13.4. The molecule has 6 heteroatoms. The number of para-hydroxylation sites is 2. The Kier molecular flexibility index (Phi) is 3.27. The van der Waals surface area contributed by atoms with E-state index in [1.807, 2.05) is 18.2 Å². The Morgan fingerprint density at radius 3 is 2.90 bits per heavy atom. The molecule has 0 fully saturated rings. The van der Waals surface area contributed by atoms with Crippen molar-refractivity contribution >= 4 is 29.0 Å². The lowest BCUT2D eigenvalue weighted by molar-refractivity contribution is -0.115. The van der Waals surface area contributed by atoms with Gasteiger partial charge in [-0.25, -0.2) is 4.98 Å². The Balaban J connectivity index is 2.04. The van der Waals surface area contributed by atoms with Crippen LogP contribution in [0.4, 0.5) is 17.2 Å². The molecule has 0 saturated carbocycles. The average molecular weight is 282 g/mol. The Hall–Kier alpha value is -2.89. The molecule has 0 saturated heterocycles. The third kappa shape index (κ3) is 2.31. The minimum atomic E-state index is -0.255. The molecule has 0 unspecified atom stereocenters. The van der Waals surface area contributed by atoms with Crippen molar-refractivity contribution in [1.29, 1.82) is 0 Å². The summed E-state index contributed by atoms with van der Waals surface area (Å²) in [6.45, 7) is -0.00606. The van der Waals surface area contributed by atoms with Crippen LogP contribution in [-0.2, 0) is 4.79 Å². The van der Waals surface area contributed by atoms with Crippen molar-refractivity contribution < 1.29 is 9.59 Å². The van der Waals surface area contributed by atoms with E-state index in [-0.39, 0.29) is 18.4 Å². The maximum absolute atomic E-state index is 12.8. The predicted octanol–water partition coefficient (Wildman–Crippen LogP) is 1.72. The van der Waals surface area contributed by atoms with Gasteiger partial charge in [-0.2, -0.15) is 0 Å². The number of amides is 2. The van der Waals surface area contributed by atoms with Gasteiger partial charge in [-0.3, -0.25) is 14.5 Å². The first-order valence-corrected chi connectivity index (χ1v) is 6.54. The molecule has 0 spiro atoms. The first-order valence-electron chi connectivity index (χ1n) is 6.54. The minimum absolute atomic E-state index is 0.00606. The van der Waals surface area contributed by atoms with E-state index in [0.29, 0.717) is 22.8 Å². The van der Waals surface area contributed by atoms with Crippen LogP contribution in [0.25, 0.3) is 0 Å². The van der Waals surface area contributed by atoms with Crippen LogP contribution >= 0.6 is 0 Å². The Bertz CT molecular complexity index is 714. The number of fused-ring (bicyclic) bond motifs is 1. The Labute approximate surface area is 121 Å². The van der Waals surface area contributed by atoms with Gasteiger partial charge in [0.15, 0.2) is 0 Å². The molecular formula is C15H14N4O2. The fourth-order valence-corrected chi connectivity index (χ4v) is 2.34. The van der Waals surface area contributed by atoms with Crippen molar-refractivity contribution in [3.8, 4) is 0 Å². The van der Waals surface area contributed by atoms with Gasteiger partial charge >= 0.3 is 0 Å². The maximum atomic E-state index is 12.8. The molecule has 2 aromatic rings. The van der Waals surface area contributed by atoms with Gasteiger partial charge in [-0.05, 0) is 24.3 Å². The van der Waals surface area contributed by atoms with E-state index in [0.717, 1.165) is 0 Å². The fourth-order valence-electron chi connectivity index (χ4n) is 2.34. The van der Waals surface area contributed by atoms with Gasteiger partial charge in [0.25, 0.3) is 5.91 Å². The molecule has 2 amide bonds. The zero-order chi connectivity index (χ0) is 14.8. The summed E-state index contributed by atoms with van der Waals surface area (Å²) in [6, 6.07) is 10.6. The lowest BCUT2D eigenvalue weighted by Crippen LogP contribution is -2.42. The number of hydrogen-bond donors (Lipinski definition) is 2. The summed E-state index contributed by atoms with van der Waals surface area (Å²) in [5, 5.41) is 5.65. The van der Waals surface area contributed by atoms with Crippen LogP contribution in [0.3, 0.4) is 0 Å². The lowest BCUT2D eigenvalue weighted by Gasteiger charge is -2.29. The number of hydrogen-bond acceptors (Lipinski definition) is 4. The summed E-state index contributed by atoms with van der Waals surface area (Å²) in [4.78, 5) is 30.1. The molecule has 0 radical (unpaired) electrons. The van der Waals surface area contributed by atoms with Crippen molar-refractivity contribution in [2.45, 2.75) is 0 Å². The van der Waals surface area contributed by atoms with Crippen molar-refractivity contribution in [3.63, 3.8) is 0 Å². The molecule has 1 aromatic heterocycles. The highest BCUT2D eigenvalue weighted by atomic mass is 16.2. The van der Waals surface area contributed by atoms with Gasteiger partial charge in [0, 0.05) is 13.2 Å². The molecule has 1 aliphatic heterocycles. The maximum Gasteiger partial charge on any atom is 0.262 e. The van der Waals surface area contributed by atoms with Gasteiger partial charge in [-0.1, -0.05) is 12.1 Å². The number of pyridine rings is 1. The quantitative estimate of drug-likeness (QED) is 0.879. The van der Waals surface area contributed by atoms with Gasteiger partial charge in [-0.15, -0.1) is 0 Å². The Morgan fingerprint density at radius 2 is 2.10 bits per heavy atom. The smallest absolute Gasteiger partial charge is 0.262 e. The molecule has 0 bridgehead atoms. The topological polar surface area (TPSA) is 74.3 Å². The summed E-state index contributed by atoms with van der Waals surface area (Å²) in [5.74, 6) is 0.0256. The van der Waals surface area contributed by atoms with Gasteiger partial charge in [0.1, 0.15) is 12.4 Å². The second-order valence-electron chi connectivity index (χ2n) is 4.61. The fraction of sp³-hybridized carbons (Fsp3) is 0.133. The molecule has 2 N–H and O–H groups in total. The highest BCUT2D eigenvalue weighted by molar-refractivity contribution is 6.16. The molecule has 1 aromatic carbocycles. The van der Waals surface area contributed by atoms with Crippen LogP contribution in [0.2, 0.25) is 0 Å². The third-order valence-electron chi connectivity index (χ3n) is 3.29. The SMILES string of the molecule is CNc1ncccc1C(=O)N1CC(=O)Nc2ccccc21. The Morgan fingerprint density at radius 1 is 1.29 bits per heavy atom. The summed E-state index contributed by atoms with van der Waals surface area (Å²) >= 11 is 0. The highest BCUT2D eigenvalue weighted by Crippen LogP contribution is 2.30. The van der Waals surface area contributed by atoms with E-state index in [1.54, 1.807) is 31.4 Å². The number of carbonyl (C=O) groups excluding carboxylic acids is 2. The van der Waals surface area contributed by atoms with Crippen LogP contribution in [0.15, 0.2) is 42.6 Å². The molecule has 21 heavy (non-hydrogen) atoms. The first kappa shape index (κ1) is 13.1. The molecule has 0 atom stereocenters. The van der Waals surface area contributed by atoms with Gasteiger partial charge in [0.05, 0.1) is 16.9 Å². The third-order valence-corrected chi connectivity index (χ3v) is 3.29. The van der Waals surface area contributed by atoms with E-state index in [4.69, 9.17) is 0 Å². The largest absolute Gasteiger partial charge is 0.372 e. The van der Waals surface area contributed by atoms with Crippen molar-refractivity contribution in [1.82, 2.24) is 4.98 Å². The number of aromatic nitrogens is 1. The zero-order valence-corrected chi connectivity index (χ0v) is 11.5. The molecule has 0 aliphatic carbocycles. The highest BCUT2D eigenvalue weighted by Gasteiger charge is 2.28. The van der Waals surface area contributed by atoms with E-state index >= 15 is 0 Å². The van der Waals surface area contributed by atoms with Gasteiger partial charge in [0.2, 0.25) is 5.91 Å². The van der Waals surface area contributed by atoms with E-state index in [2.05, 4.69) is 15.6 Å². The molecule has 2 heterocycles. The number of carbonyl (C=O) groups is 2. The second kappa shape index (κ2) is 5.24. The molecule has 6 nitrogen and oxygen atoms in total. The van der Waals surface area contributed by atoms with Crippen LogP contribution in [0, 0.1) is 0 Å². The van der Waals surface area contributed by atoms with E-state index in [1.165, 1.54) is 4.90 Å².